The zero-order valence-electron chi connectivity index (χ0n) is 9.13. The second-order valence-electron chi connectivity index (χ2n) is 3.59. The number of nitrogens with two attached hydrogens (primary N) is 1. The van der Waals surface area contributed by atoms with Gasteiger partial charge in [-0.05, 0) is 13.3 Å². The van der Waals surface area contributed by atoms with Gasteiger partial charge >= 0.3 is 5.97 Å². The Morgan fingerprint density at radius 2 is 1.94 bits per heavy atom. The molecule has 2 atom stereocenters. The van der Waals surface area contributed by atoms with Gasteiger partial charge in [-0.25, -0.2) is 8.42 Å². The number of rotatable bonds is 6. The fourth-order valence-electron chi connectivity index (χ4n) is 0.854. The molecule has 0 aliphatic heterocycles. The second kappa shape index (κ2) is 5.80. The van der Waals surface area contributed by atoms with Crippen LogP contribution in [0.3, 0.4) is 0 Å². The molecule has 0 aromatic rings. The molecule has 0 aliphatic carbocycles. The van der Waals surface area contributed by atoms with Crippen LogP contribution in [-0.4, -0.2) is 49.5 Å². The summed E-state index contributed by atoms with van der Waals surface area (Å²) in [4.78, 5) is 21.7. The highest BCUT2D eigenvalue weighted by Gasteiger charge is 2.20. The number of carbonyl (C=O) groups excluding carboxylic acids is 1. The first-order valence-corrected chi connectivity index (χ1v) is 6.66. The molecule has 0 aromatic carbocycles. The molecule has 7 nitrogen and oxygen atoms in total. The van der Waals surface area contributed by atoms with E-state index in [-0.39, 0.29) is 12.2 Å². The molecule has 0 saturated carbocycles. The van der Waals surface area contributed by atoms with Gasteiger partial charge in [-0.1, -0.05) is 0 Å². The maximum atomic E-state index is 11.3. The molecule has 8 heteroatoms. The first-order chi connectivity index (χ1) is 7.13. The van der Waals surface area contributed by atoms with Gasteiger partial charge in [0.25, 0.3) is 0 Å². The van der Waals surface area contributed by atoms with Crippen molar-refractivity contribution in [2.75, 3.05) is 12.0 Å². The van der Waals surface area contributed by atoms with Crippen LogP contribution in [0.2, 0.25) is 0 Å². The van der Waals surface area contributed by atoms with E-state index in [2.05, 4.69) is 5.32 Å². The highest BCUT2D eigenvalue weighted by molar-refractivity contribution is 7.90. The smallest absolute Gasteiger partial charge is 0.325 e. The van der Waals surface area contributed by atoms with Gasteiger partial charge < -0.3 is 16.2 Å². The number of carbonyl (C=O) groups is 2. The zero-order chi connectivity index (χ0) is 12.9. The van der Waals surface area contributed by atoms with Crippen molar-refractivity contribution in [2.45, 2.75) is 25.4 Å². The van der Waals surface area contributed by atoms with Crippen molar-refractivity contribution >= 4 is 21.7 Å². The van der Waals surface area contributed by atoms with Crippen molar-refractivity contribution in [3.05, 3.63) is 0 Å². The van der Waals surface area contributed by atoms with Crippen LogP contribution in [0, 0.1) is 0 Å². The number of sulfone groups is 1. The summed E-state index contributed by atoms with van der Waals surface area (Å²) in [5.41, 5.74) is 5.40. The van der Waals surface area contributed by atoms with Gasteiger partial charge in [0, 0.05) is 6.26 Å². The molecule has 94 valence electrons. The third kappa shape index (κ3) is 6.36. The lowest BCUT2D eigenvalue weighted by molar-refractivity contribution is -0.141. The Hall–Kier alpha value is -1.15. The van der Waals surface area contributed by atoms with Gasteiger partial charge in [0.1, 0.15) is 15.9 Å². The lowest BCUT2D eigenvalue weighted by atomic mass is 10.2. The predicted molar refractivity (Wildman–Crippen MR) is 57.5 cm³/mol. The number of carboxylic acid groups (broad SMARTS) is 1. The molecule has 16 heavy (non-hydrogen) atoms. The lowest BCUT2D eigenvalue weighted by Crippen LogP contribution is -2.47. The molecule has 0 saturated heterocycles. The van der Waals surface area contributed by atoms with Crippen LogP contribution in [0.1, 0.15) is 13.3 Å². The molecule has 0 aromatic heterocycles. The van der Waals surface area contributed by atoms with Crippen LogP contribution >= 0.6 is 0 Å². The summed E-state index contributed by atoms with van der Waals surface area (Å²) in [7, 11) is -3.17. The van der Waals surface area contributed by atoms with Gasteiger partial charge in [-0.2, -0.15) is 0 Å². The second-order valence-corrected chi connectivity index (χ2v) is 5.85. The summed E-state index contributed by atoms with van der Waals surface area (Å²) >= 11 is 0. The summed E-state index contributed by atoms with van der Waals surface area (Å²) in [5.74, 6) is -2.05. The Morgan fingerprint density at radius 3 is 2.31 bits per heavy atom. The molecular formula is C8H16N2O5S. The van der Waals surface area contributed by atoms with Gasteiger partial charge in [0.2, 0.25) is 5.91 Å². The molecule has 0 spiro atoms. The van der Waals surface area contributed by atoms with Crippen molar-refractivity contribution in [2.24, 2.45) is 5.73 Å². The summed E-state index contributed by atoms with van der Waals surface area (Å²) in [5, 5.41) is 10.7. The average Bonchev–Trinajstić information content (AvgIpc) is 2.12. The largest absolute Gasteiger partial charge is 0.480 e. The topological polar surface area (TPSA) is 127 Å². The van der Waals surface area contributed by atoms with Crippen LogP contribution in [0.5, 0.6) is 0 Å². The highest BCUT2D eigenvalue weighted by Crippen LogP contribution is 1.95. The van der Waals surface area contributed by atoms with E-state index >= 15 is 0 Å². The molecular weight excluding hydrogens is 236 g/mol. The van der Waals surface area contributed by atoms with E-state index < -0.39 is 33.8 Å². The Bertz CT molecular complexity index is 365. The van der Waals surface area contributed by atoms with E-state index in [1.54, 1.807) is 0 Å². The molecule has 1 amide bonds. The zero-order valence-corrected chi connectivity index (χ0v) is 9.95. The molecule has 0 fully saturated rings. The average molecular weight is 252 g/mol. The Balaban J connectivity index is 4.15. The van der Waals surface area contributed by atoms with E-state index in [0.717, 1.165) is 6.26 Å². The van der Waals surface area contributed by atoms with Crippen molar-refractivity contribution in [3.63, 3.8) is 0 Å². The van der Waals surface area contributed by atoms with Crippen molar-refractivity contribution < 1.29 is 23.1 Å². The third-order valence-corrected chi connectivity index (χ3v) is 2.84. The van der Waals surface area contributed by atoms with Crippen LogP contribution in [0.25, 0.3) is 0 Å². The highest BCUT2D eigenvalue weighted by atomic mass is 32.2. The molecule has 0 aliphatic rings. The molecule has 0 radical (unpaired) electrons. The number of amides is 1. The Labute approximate surface area is 93.9 Å². The van der Waals surface area contributed by atoms with Gasteiger partial charge in [0.05, 0.1) is 11.8 Å². The molecule has 0 heterocycles. The molecule has 4 N–H and O–H groups in total. The quantitative estimate of drug-likeness (QED) is 0.519. The maximum absolute atomic E-state index is 11.3. The van der Waals surface area contributed by atoms with Crippen molar-refractivity contribution in [3.8, 4) is 0 Å². The van der Waals surface area contributed by atoms with E-state index in [1.807, 2.05) is 0 Å². The van der Waals surface area contributed by atoms with E-state index in [0.29, 0.717) is 0 Å². The monoisotopic (exact) mass is 252 g/mol. The Kier molecular flexibility index (Phi) is 5.39. The third-order valence-electron chi connectivity index (χ3n) is 1.87. The van der Waals surface area contributed by atoms with Gasteiger partial charge in [-0.3, -0.25) is 9.59 Å². The molecule has 2 unspecified atom stereocenters. The first-order valence-electron chi connectivity index (χ1n) is 4.60. The van der Waals surface area contributed by atoms with Crippen LogP contribution in [-0.2, 0) is 19.4 Å². The minimum absolute atomic E-state index is 0.0307. The Morgan fingerprint density at radius 1 is 1.44 bits per heavy atom. The fraction of sp³-hybridized carbons (Fsp3) is 0.750. The van der Waals surface area contributed by atoms with Crippen LogP contribution in [0.15, 0.2) is 0 Å². The minimum Gasteiger partial charge on any atom is -0.480 e. The van der Waals surface area contributed by atoms with Gasteiger partial charge in [0.15, 0.2) is 0 Å². The maximum Gasteiger partial charge on any atom is 0.325 e. The molecule has 0 bridgehead atoms. The van der Waals surface area contributed by atoms with Crippen LogP contribution < -0.4 is 11.1 Å². The normalized spacial score (nSPS) is 15.2. The van der Waals surface area contributed by atoms with E-state index in [1.165, 1.54) is 6.92 Å². The van der Waals surface area contributed by atoms with Crippen molar-refractivity contribution in [1.29, 1.82) is 0 Å². The first kappa shape index (κ1) is 14.8. The van der Waals surface area contributed by atoms with Crippen molar-refractivity contribution in [1.82, 2.24) is 5.32 Å². The number of aliphatic carboxylic acids is 1. The van der Waals surface area contributed by atoms with Crippen LogP contribution in [0.4, 0.5) is 0 Å². The lowest BCUT2D eigenvalue weighted by Gasteiger charge is -2.14. The summed E-state index contributed by atoms with van der Waals surface area (Å²) in [6.45, 7) is 1.30. The van der Waals surface area contributed by atoms with Gasteiger partial charge in [-0.15, -0.1) is 0 Å². The number of carboxylic acids is 1. The SMILES string of the molecule is CC(NC(=O)C(N)CCS(C)(=O)=O)C(=O)O. The fourth-order valence-corrected chi connectivity index (χ4v) is 1.54. The summed E-state index contributed by atoms with van der Waals surface area (Å²) in [6.07, 6.45) is 1.01. The number of hydrogen-bond donors (Lipinski definition) is 3. The number of nitrogens with one attached hydrogen (secondary N) is 1. The number of hydrogen-bond acceptors (Lipinski definition) is 5. The standard InChI is InChI=1S/C8H16N2O5S/c1-5(8(12)13)10-7(11)6(9)3-4-16(2,14)15/h5-6H,3-4,9H2,1-2H3,(H,10,11)(H,12,13). The minimum atomic E-state index is -3.17. The van der Waals surface area contributed by atoms with E-state index in [4.69, 9.17) is 10.8 Å². The summed E-state index contributed by atoms with van der Waals surface area (Å²) in [6, 6.07) is -2.06. The summed E-state index contributed by atoms with van der Waals surface area (Å²) < 4.78 is 21.6. The molecule has 0 rings (SSSR count). The predicted octanol–water partition coefficient (Wildman–Crippen LogP) is -1.66. The van der Waals surface area contributed by atoms with E-state index in [9.17, 15) is 18.0 Å².